The first-order valence-electron chi connectivity index (χ1n) is 7.90. The second-order valence-electron chi connectivity index (χ2n) is 5.83. The molecule has 0 bridgehead atoms. The number of aromatic carboxylic acids is 1. The Bertz CT molecular complexity index is 775. The van der Waals surface area contributed by atoms with Crippen molar-refractivity contribution in [2.75, 3.05) is 18.8 Å². The van der Waals surface area contributed by atoms with E-state index in [9.17, 15) is 14.7 Å². The molecule has 0 saturated carbocycles. The summed E-state index contributed by atoms with van der Waals surface area (Å²) in [5.41, 5.74) is 2.02. The first-order chi connectivity index (χ1) is 11.6. The number of rotatable bonds is 3. The lowest BCUT2D eigenvalue weighted by Gasteiger charge is -2.31. The standard InChI is InChI=1S/C19H19NO3S/c1-13-12-20(10-11-24-13)18(21)16-8-4-2-6-14(16)15-7-3-5-9-17(15)19(22)23/h2-9,13H,10-12H2,1H3,(H,22,23). The van der Waals surface area contributed by atoms with Crippen LogP contribution in [-0.4, -0.2) is 46.0 Å². The molecule has 1 aliphatic heterocycles. The number of carboxylic acids is 1. The van der Waals surface area contributed by atoms with E-state index in [4.69, 9.17) is 0 Å². The van der Waals surface area contributed by atoms with Gasteiger partial charge in [-0.25, -0.2) is 4.79 Å². The predicted molar refractivity (Wildman–Crippen MR) is 96.7 cm³/mol. The topological polar surface area (TPSA) is 57.6 Å². The van der Waals surface area contributed by atoms with Gasteiger partial charge in [-0.1, -0.05) is 43.3 Å². The van der Waals surface area contributed by atoms with Crippen LogP contribution in [0.2, 0.25) is 0 Å². The SMILES string of the molecule is CC1CN(C(=O)c2ccccc2-c2ccccc2C(=O)O)CCS1. The smallest absolute Gasteiger partial charge is 0.336 e. The van der Waals surface area contributed by atoms with Crippen molar-refractivity contribution in [2.45, 2.75) is 12.2 Å². The van der Waals surface area contributed by atoms with Crippen molar-refractivity contribution < 1.29 is 14.7 Å². The lowest BCUT2D eigenvalue weighted by atomic mass is 9.94. The van der Waals surface area contributed by atoms with E-state index < -0.39 is 5.97 Å². The summed E-state index contributed by atoms with van der Waals surface area (Å²) in [5, 5.41) is 9.86. The molecule has 2 aromatic rings. The van der Waals surface area contributed by atoms with Gasteiger partial charge in [0.05, 0.1) is 5.56 Å². The van der Waals surface area contributed by atoms with Crippen LogP contribution < -0.4 is 0 Å². The predicted octanol–water partition coefficient (Wildman–Crippen LogP) is 3.63. The minimum absolute atomic E-state index is 0.0297. The lowest BCUT2D eigenvalue weighted by molar-refractivity contribution is 0.0696. The Morgan fingerprint density at radius 3 is 2.25 bits per heavy atom. The Morgan fingerprint density at radius 2 is 1.62 bits per heavy atom. The minimum Gasteiger partial charge on any atom is -0.478 e. The number of carbonyl (C=O) groups excluding carboxylic acids is 1. The molecular formula is C19H19NO3S. The Morgan fingerprint density at radius 1 is 1.04 bits per heavy atom. The van der Waals surface area contributed by atoms with E-state index in [2.05, 4.69) is 6.92 Å². The summed E-state index contributed by atoms with van der Waals surface area (Å²) < 4.78 is 0. The molecule has 124 valence electrons. The van der Waals surface area contributed by atoms with Gasteiger partial charge in [-0.3, -0.25) is 4.79 Å². The number of nitrogens with zero attached hydrogens (tertiary/aromatic N) is 1. The fraction of sp³-hybridized carbons (Fsp3) is 0.263. The van der Waals surface area contributed by atoms with Crippen LogP contribution >= 0.6 is 11.8 Å². The molecule has 1 unspecified atom stereocenters. The van der Waals surface area contributed by atoms with Gasteiger partial charge in [0.15, 0.2) is 0 Å². The molecule has 1 amide bonds. The molecule has 0 aromatic heterocycles. The summed E-state index contributed by atoms with van der Waals surface area (Å²) in [6, 6.07) is 14.1. The molecule has 0 spiro atoms. The number of amides is 1. The van der Waals surface area contributed by atoms with E-state index in [1.165, 1.54) is 0 Å². The van der Waals surface area contributed by atoms with Gasteiger partial charge in [-0.15, -0.1) is 0 Å². The first kappa shape index (κ1) is 16.6. The number of hydrogen-bond acceptors (Lipinski definition) is 3. The monoisotopic (exact) mass is 341 g/mol. The Labute approximate surface area is 145 Å². The highest BCUT2D eigenvalue weighted by Gasteiger charge is 2.25. The highest BCUT2D eigenvalue weighted by atomic mass is 32.2. The third-order valence-electron chi connectivity index (χ3n) is 4.13. The van der Waals surface area contributed by atoms with Gasteiger partial charge in [0, 0.05) is 29.7 Å². The number of carbonyl (C=O) groups is 2. The third kappa shape index (κ3) is 3.31. The van der Waals surface area contributed by atoms with Crippen LogP contribution in [0.15, 0.2) is 48.5 Å². The maximum Gasteiger partial charge on any atom is 0.336 e. The second kappa shape index (κ2) is 7.09. The van der Waals surface area contributed by atoms with Crippen molar-refractivity contribution in [3.63, 3.8) is 0 Å². The lowest BCUT2D eigenvalue weighted by Crippen LogP contribution is -2.41. The zero-order valence-corrected chi connectivity index (χ0v) is 14.3. The molecule has 24 heavy (non-hydrogen) atoms. The van der Waals surface area contributed by atoms with Crippen LogP contribution in [-0.2, 0) is 0 Å². The Balaban J connectivity index is 2.03. The Hall–Kier alpha value is -2.27. The average molecular weight is 341 g/mol. The van der Waals surface area contributed by atoms with E-state index in [0.717, 1.165) is 18.8 Å². The number of hydrogen-bond donors (Lipinski definition) is 1. The zero-order chi connectivity index (χ0) is 17.1. The quantitative estimate of drug-likeness (QED) is 0.926. The highest BCUT2D eigenvalue weighted by Crippen LogP contribution is 2.29. The van der Waals surface area contributed by atoms with E-state index in [1.807, 2.05) is 34.9 Å². The van der Waals surface area contributed by atoms with Crippen LogP contribution in [0.4, 0.5) is 0 Å². The molecule has 3 rings (SSSR count). The minimum atomic E-state index is -0.990. The van der Waals surface area contributed by atoms with Crippen molar-refractivity contribution in [1.29, 1.82) is 0 Å². The van der Waals surface area contributed by atoms with Gasteiger partial charge in [0.2, 0.25) is 0 Å². The summed E-state index contributed by atoms with van der Waals surface area (Å²) >= 11 is 1.87. The average Bonchev–Trinajstić information content (AvgIpc) is 2.61. The summed E-state index contributed by atoms with van der Waals surface area (Å²) in [6.07, 6.45) is 0. The van der Waals surface area contributed by atoms with Crippen molar-refractivity contribution in [2.24, 2.45) is 0 Å². The van der Waals surface area contributed by atoms with Crippen LogP contribution in [0.1, 0.15) is 27.6 Å². The van der Waals surface area contributed by atoms with Gasteiger partial charge in [-0.2, -0.15) is 11.8 Å². The molecule has 1 fully saturated rings. The summed E-state index contributed by atoms with van der Waals surface area (Å²) in [5.74, 6) is -0.0883. The van der Waals surface area contributed by atoms with Gasteiger partial charge in [-0.05, 0) is 23.3 Å². The van der Waals surface area contributed by atoms with E-state index in [-0.39, 0.29) is 11.5 Å². The molecule has 5 heteroatoms. The van der Waals surface area contributed by atoms with Gasteiger partial charge in [0.1, 0.15) is 0 Å². The maximum atomic E-state index is 13.0. The van der Waals surface area contributed by atoms with Gasteiger partial charge >= 0.3 is 5.97 Å². The number of thioether (sulfide) groups is 1. The molecule has 2 aromatic carbocycles. The molecule has 1 saturated heterocycles. The van der Waals surface area contributed by atoms with E-state index >= 15 is 0 Å². The third-order valence-corrected chi connectivity index (χ3v) is 5.27. The highest BCUT2D eigenvalue weighted by molar-refractivity contribution is 7.99. The van der Waals surface area contributed by atoms with Gasteiger partial charge in [0.25, 0.3) is 5.91 Å². The molecule has 1 aliphatic rings. The molecular weight excluding hydrogens is 322 g/mol. The van der Waals surface area contributed by atoms with E-state index in [0.29, 0.717) is 21.9 Å². The fourth-order valence-corrected chi connectivity index (χ4v) is 4.00. The maximum absolute atomic E-state index is 13.0. The van der Waals surface area contributed by atoms with Crippen LogP contribution in [0.3, 0.4) is 0 Å². The summed E-state index contributed by atoms with van der Waals surface area (Å²) in [4.78, 5) is 26.4. The van der Waals surface area contributed by atoms with E-state index in [1.54, 1.807) is 30.3 Å². The second-order valence-corrected chi connectivity index (χ2v) is 7.38. The van der Waals surface area contributed by atoms with Crippen molar-refractivity contribution in [1.82, 2.24) is 4.90 Å². The summed E-state index contributed by atoms with van der Waals surface area (Å²) in [6.45, 7) is 3.57. The number of carboxylic acid groups (broad SMARTS) is 1. The van der Waals surface area contributed by atoms with Crippen LogP contribution in [0.25, 0.3) is 11.1 Å². The van der Waals surface area contributed by atoms with Gasteiger partial charge < -0.3 is 10.0 Å². The van der Waals surface area contributed by atoms with Crippen LogP contribution in [0.5, 0.6) is 0 Å². The zero-order valence-electron chi connectivity index (χ0n) is 13.4. The summed E-state index contributed by atoms with van der Waals surface area (Å²) in [7, 11) is 0. The first-order valence-corrected chi connectivity index (χ1v) is 8.95. The normalized spacial score (nSPS) is 17.5. The fourth-order valence-electron chi connectivity index (χ4n) is 2.98. The van der Waals surface area contributed by atoms with Crippen molar-refractivity contribution >= 4 is 23.6 Å². The molecule has 0 aliphatic carbocycles. The molecule has 0 radical (unpaired) electrons. The molecule has 1 atom stereocenters. The van der Waals surface area contributed by atoms with Crippen LogP contribution in [0, 0.1) is 0 Å². The molecule has 1 heterocycles. The molecule has 4 nitrogen and oxygen atoms in total. The van der Waals surface area contributed by atoms with Crippen molar-refractivity contribution in [3.05, 3.63) is 59.7 Å². The van der Waals surface area contributed by atoms with Crippen molar-refractivity contribution in [3.8, 4) is 11.1 Å². The largest absolute Gasteiger partial charge is 0.478 e. The Kier molecular flexibility index (Phi) is 4.90. The number of benzene rings is 2. The molecule has 1 N–H and O–H groups in total.